The van der Waals surface area contributed by atoms with Crippen molar-refractivity contribution >= 4 is 22.8 Å². The zero-order valence-corrected chi connectivity index (χ0v) is 13.5. The van der Waals surface area contributed by atoms with Gasteiger partial charge in [0.1, 0.15) is 17.5 Å². The first-order chi connectivity index (χ1) is 11.5. The van der Waals surface area contributed by atoms with Crippen molar-refractivity contribution in [2.24, 2.45) is 0 Å². The number of para-hydroxylation sites is 1. The van der Waals surface area contributed by atoms with Gasteiger partial charge in [-0.2, -0.15) is 5.26 Å². The summed E-state index contributed by atoms with van der Waals surface area (Å²) in [7, 11) is 0. The van der Waals surface area contributed by atoms with Crippen molar-refractivity contribution in [2.75, 3.05) is 5.73 Å². The van der Waals surface area contributed by atoms with Crippen LogP contribution in [0, 0.1) is 28.4 Å². The fraction of sp³-hybridized carbons (Fsp3) is 0.0588. The number of thiophene rings is 1. The summed E-state index contributed by atoms with van der Waals surface area (Å²) in [5, 5.41) is 20.7. The summed E-state index contributed by atoms with van der Waals surface area (Å²) in [4.78, 5) is 17.0. The van der Waals surface area contributed by atoms with Crippen LogP contribution in [0.2, 0.25) is 0 Å². The van der Waals surface area contributed by atoms with Crippen molar-refractivity contribution in [3.63, 3.8) is 0 Å². The van der Waals surface area contributed by atoms with Crippen LogP contribution in [0.4, 0.5) is 11.5 Å². The van der Waals surface area contributed by atoms with Crippen LogP contribution < -0.4 is 5.73 Å². The Bertz CT molecular complexity index is 988. The molecule has 24 heavy (non-hydrogen) atoms. The number of aryl methyl sites for hydroxylation is 1. The van der Waals surface area contributed by atoms with Crippen molar-refractivity contribution in [1.82, 2.24) is 4.98 Å². The molecule has 6 nitrogen and oxygen atoms in total. The quantitative estimate of drug-likeness (QED) is 0.571. The number of nitro benzene ring substituents is 1. The van der Waals surface area contributed by atoms with E-state index in [0.717, 1.165) is 9.75 Å². The average Bonchev–Trinajstić information content (AvgIpc) is 3.00. The second kappa shape index (κ2) is 6.10. The first kappa shape index (κ1) is 15.6. The fourth-order valence-electron chi connectivity index (χ4n) is 2.44. The van der Waals surface area contributed by atoms with Crippen LogP contribution in [0.25, 0.3) is 21.7 Å². The Morgan fingerprint density at radius 3 is 2.62 bits per heavy atom. The summed E-state index contributed by atoms with van der Waals surface area (Å²) in [6.45, 7) is 1.97. The third kappa shape index (κ3) is 2.71. The van der Waals surface area contributed by atoms with Gasteiger partial charge in [-0.3, -0.25) is 10.1 Å². The lowest BCUT2D eigenvalue weighted by atomic mass is 10.0. The summed E-state index contributed by atoms with van der Waals surface area (Å²) in [6, 6.07) is 13.9. The minimum absolute atomic E-state index is 0.0533. The Hall–Kier alpha value is -3.24. The molecule has 0 radical (unpaired) electrons. The highest BCUT2D eigenvalue weighted by Gasteiger charge is 2.19. The second-order valence-electron chi connectivity index (χ2n) is 5.11. The number of nitrogens with two attached hydrogens (primary N) is 1. The maximum Gasteiger partial charge on any atom is 0.278 e. The first-order valence-corrected chi connectivity index (χ1v) is 7.84. The average molecular weight is 336 g/mol. The van der Waals surface area contributed by atoms with E-state index in [0.29, 0.717) is 16.8 Å². The van der Waals surface area contributed by atoms with Gasteiger partial charge in [-0.1, -0.05) is 12.1 Å². The van der Waals surface area contributed by atoms with E-state index in [1.807, 2.05) is 19.1 Å². The van der Waals surface area contributed by atoms with E-state index in [-0.39, 0.29) is 17.1 Å². The zero-order valence-electron chi connectivity index (χ0n) is 12.7. The van der Waals surface area contributed by atoms with Gasteiger partial charge >= 0.3 is 0 Å². The topological polar surface area (TPSA) is 106 Å². The smallest absolute Gasteiger partial charge is 0.278 e. The van der Waals surface area contributed by atoms with E-state index in [9.17, 15) is 15.4 Å². The molecule has 0 amide bonds. The molecule has 7 heteroatoms. The van der Waals surface area contributed by atoms with E-state index in [1.54, 1.807) is 24.3 Å². The van der Waals surface area contributed by atoms with E-state index in [1.165, 1.54) is 17.4 Å². The lowest BCUT2D eigenvalue weighted by Gasteiger charge is -2.09. The van der Waals surface area contributed by atoms with Crippen molar-refractivity contribution in [3.8, 4) is 27.8 Å². The normalized spacial score (nSPS) is 10.3. The van der Waals surface area contributed by atoms with E-state index >= 15 is 0 Å². The maximum atomic E-state index is 11.3. The number of benzene rings is 1. The van der Waals surface area contributed by atoms with Crippen LogP contribution in [-0.2, 0) is 0 Å². The van der Waals surface area contributed by atoms with Gasteiger partial charge in [0, 0.05) is 21.4 Å². The van der Waals surface area contributed by atoms with Crippen LogP contribution in [0.15, 0.2) is 42.5 Å². The first-order valence-electron chi connectivity index (χ1n) is 7.02. The second-order valence-corrected chi connectivity index (χ2v) is 6.40. The number of nitro groups is 1. The van der Waals surface area contributed by atoms with Gasteiger partial charge in [0.2, 0.25) is 0 Å². The molecule has 3 aromatic rings. The Kier molecular flexibility index (Phi) is 3.98. The highest BCUT2D eigenvalue weighted by molar-refractivity contribution is 7.15. The number of aromatic nitrogens is 1. The number of nitrogens with zero attached hydrogens (tertiary/aromatic N) is 3. The summed E-state index contributed by atoms with van der Waals surface area (Å²) in [6.07, 6.45) is 0. The van der Waals surface area contributed by atoms with Crippen LogP contribution in [0.5, 0.6) is 0 Å². The van der Waals surface area contributed by atoms with Crippen molar-refractivity contribution in [3.05, 3.63) is 63.0 Å². The lowest BCUT2D eigenvalue weighted by Crippen LogP contribution is -2.00. The molecule has 2 heterocycles. The van der Waals surface area contributed by atoms with Crippen molar-refractivity contribution in [1.29, 1.82) is 5.26 Å². The number of rotatable bonds is 3. The maximum absolute atomic E-state index is 11.3. The molecule has 0 fully saturated rings. The minimum Gasteiger partial charge on any atom is -0.383 e. The molecule has 0 bridgehead atoms. The Labute approximate surface area is 142 Å². The molecule has 0 aliphatic rings. The third-order valence-electron chi connectivity index (χ3n) is 3.54. The highest BCUT2D eigenvalue weighted by atomic mass is 32.1. The molecule has 1 aromatic carbocycles. The number of nitrogen functional groups attached to an aromatic ring is 1. The molecule has 0 saturated heterocycles. The standard InChI is InChI=1S/C17H12N4O2S/c1-10-6-7-16(24-10)12-8-14(20-17(19)13(12)9-18)11-4-2-3-5-15(11)21(22)23/h2-8H,1H3,(H2,19,20). The largest absolute Gasteiger partial charge is 0.383 e. The SMILES string of the molecule is Cc1ccc(-c2cc(-c3ccccc3[N+](=O)[O-])nc(N)c2C#N)s1. The van der Waals surface area contributed by atoms with Gasteiger partial charge in [0.15, 0.2) is 0 Å². The molecule has 118 valence electrons. The Morgan fingerprint density at radius 1 is 1.25 bits per heavy atom. The van der Waals surface area contributed by atoms with E-state index < -0.39 is 4.92 Å². The van der Waals surface area contributed by atoms with E-state index in [4.69, 9.17) is 5.73 Å². The molecular formula is C17H12N4O2S. The summed E-state index contributed by atoms with van der Waals surface area (Å²) in [5.41, 5.74) is 7.54. The minimum atomic E-state index is -0.458. The molecule has 2 aromatic heterocycles. The van der Waals surface area contributed by atoms with Gasteiger partial charge in [-0.15, -0.1) is 11.3 Å². The molecule has 0 aliphatic heterocycles. The molecule has 3 rings (SSSR count). The number of nitriles is 1. The van der Waals surface area contributed by atoms with Crippen molar-refractivity contribution in [2.45, 2.75) is 6.92 Å². The van der Waals surface area contributed by atoms with Gasteiger partial charge in [-0.05, 0) is 31.2 Å². The molecule has 0 spiro atoms. The zero-order chi connectivity index (χ0) is 17.3. The van der Waals surface area contributed by atoms with Crippen LogP contribution in [0.3, 0.4) is 0 Å². The number of pyridine rings is 1. The number of hydrogen-bond donors (Lipinski definition) is 1. The molecule has 0 aliphatic carbocycles. The number of anilines is 1. The van der Waals surface area contributed by atoms with Crippen LogP contribution in [0.1, 0.15) is 10.4 Å². The molecular weight excluding hydrogens is 324 g/mol. The van der Waals surface area contributed by atoms with Crippen LogP contribution in [-0.4, -0.2) is 9.91 Å². The Morgan fingerprint density at radius 2 is 2.00 bits per heavy atom. The molecule has 0 unspecified atom stereocenters. The predicted octanol–water partition coefficient (Wildman–Crippen LogP) is 4.15. The Balaban J connectivity index is 2.27. The van der Waals surface area contributed by atoms with Gasteiger partial charge in [0.05, 0.1) is 16.2 Å². The summed E-state index contributed by atoms with van der Waals surface area (Å²) < 4.78 is 0. The summed E-state index contributed by atoms with van der Waals surface area (Å²) >= 11 is 1.53. The molecule has 2 N–H and O–H groups in total. The van der Waals surface area contributed by atoms with Gasteiger partial charge in [0.25, 0.3) is 5.69 Å². The fourth-order valence-corrected chi connectivity index (χ4v) is 3.33. The highest BCUT2D eigenvalue weighted by Crippen LogP contribution is 2.37. The van der Waals surface area contributed by atoms with Crippen molar-refractivity contribution < 1.29 is 4.92 Å². The van der Waals surface area contributed by atoms with Gasteiger partial charge in [-0.25, -0.2) is 4.98 Å². The number of hydrogen-bond acceptors (Lipinski definition) is 6. The summed E-state index contributed by atoms with van der Waals surface area (Å²) in [5.74, 6) is 0.0641. The van der Waals surface area contributed by atoms with Gasteiger partial charge < -0.3 is 5.73 Å². The van der Waals surface area contributed by atoms with Crippen LogP contribution >= 0.6 is 11.3 Å². The third-order valence-corrected chi connectivity index (χ3v) is 4.58. The lowest BCUT2D eigenvalue weighted by molar-refractivity contribution is -0.384. The predicted molar refractivity (Wildman–Crippen MR) is 93.5 cm³/mol. The van der Waals surface area contributed by atoms with E-state index in [2.05, 4.69) is 11.1 Å². The monoisotopic (exact) mass is 336 g/mol. The molecule has 0 saturated carbocycles. The molecule has 0 atom stereocenters.